The van der Waals surface area contributed by atoms with Crippen molar-refractivity contribution in [2.75, 3.05) is 13.7 Å². The largest absolute Gasteiger partial charge is 0.497 e. The zero-order valence-corrected chi connectivity index (χ0v) is 13.3. The molecular weight excluding hydrogens is 314 g/mol. The highest BCUT2D eigenvalue weighted by atomic mass is 32.1. The molecular formula is C16H15N3O3S. The minimum absolute atomic E-state index is 0.0913. The molecule has 0 spiro atoms. The lowest BCUT2D eigenvalue weighted by atomic mass is 10.2. The molecule has 0 atom stereocenters. The molecule has 2 heterocycles. The Bertz CT molecular complexity index is 819. The molecule has 7 heteroatoms. The lowest BCUT2D eigenvalue weighted by Crippen LogP contribution is -2.28. The molecule has 2 aromatic heterocycles. The number of aromatic nitrogens is 2. The number of ether oxygens (including phenoxy) is 2. The van der Waals surface area contributed by atoms with Crippen LogP contribution in [0, 0.1) is 0 Å². The van der Waals surface area contributed by atoms with Gasteiger partial charge in [-0.1, -0.05) is 12.1 Å². The highest BCUT2D eigenvalue weighted by molar-refractivity contribution is 7.16. The number of rotatable bonds is 6. The van der Waals surface area contributed by atoms with E-state index in [1.165, 1.54) is 17.7 Å². The van der Waals surface area contributed by atoms with Crippen LogP contribution in [0.1, 0.15) is 5.56 Å². The van der Waals surface area contributed by atoms with Gasteiger partial charge in [0, 0.05) is 6.54 Å². The highest BCUT2D eigenvalue weighted by Gasteiger charge is 2.08. The Morgan fingerprint density at radius 1 is 1.30 bits per heavy atom. The van der Waals surface area contributed by atoms with Crippen LogP contribution in [-0.2, 0) is 11.3 Å². The van der Waals surface area contributed by atoms with Gasteiger partial charge in [-0.05, 0) is 29.1 Å². The monoisotopic (exact) mass is 329 g/mol. The molecule has 0 bridgehead atoms. The van der Waals surface area contributed by atoms with E-state index in [9.17, 15) is 4.79 Å². The van der Waals surface area contributed by atoms with Gasteiger partial charge in [0.15, 0.2) is 6.61 Å². The van der Waals surface area contributed by atoms with E-state index >= 15 is 0 Å². The molecule has 3 rings (SSSR count). The Hall–Kier alpha value is -2.67. The van der Waals surface area contributed by atoms with Crippen LogP contribution in [0.15, 0.2) is 42.0 Å². The van der Waals surface area contributed by atoms with Gasteiger partial charge in [0.25, 0.3) is 5.91 Å². The summed E-state index contributed by atoms with van der Waals surface area (Å²) < 4.78 is 10.6. The molecule has 0 radical (unpaired) electrons. The summed E-state index contributed by atoms with van der Waals surface area (Å²) in [6, 6.07) is 9.41. The number of amides is 1. The van der Waals surface area contributed by atoms with Crippen molar-refractivity contribution >= 4 is 27.5 Å². The van der Waals surface area contributed by atoms with Crippen molar-refractivity contribution in [2.45, 2.75) is 6.54 Å². The Balaban J connectivity index is 1.54. The smallest absolute Gasteiger partial charge is 0.258 e. The Kier molecular flexibility index (Phi) is 4.68. The third kappa shape index (κ3) is 3.75. The molecule has 6 nitrogen and oxygen atoms in total. The van der Waals surface area contributed by atoms with E-state index in [1.54, 1.807) is 7.11 Å². The Labute approximate surface area is 137 Å². The van der Waals surface area contributed by atoms with Crippen molar-refractivity contribution in [3.05, 3.63) is 47.6 Å². The van der Waals surface area contributed by atoms with Crippen LogP contribution in [-0.4, -0.2) is 29.6 Å². The predicted octanol–water partition coefficient (Wildman–Crippen LogP) is 2.40. The number of methoxy groups -OCH3 is 1. The predicted molar refractivity (Wildman–Crippen MR) is 87.8 cm³/mol. The van der Waals surface area contributed by atoms with Crippen LogP contribution < -0.4 is 14.8 Å². The second-order valence-corrected chi connectivity index (χ2v) is 5.63. The number of thiophene rings is 1. The van der Waals surface area contributed by atoms with Crippen LogP contribution in [0.4, 0.5) is 0 Å². The molecule has 3 aromatic rings. The van der Waals surface area contributed by atoms with Crippen LogP contribution in [0.25, 0.3) is 10.2 Å². The molecule has 23 heavy (non-hydrogen) atoms. The Morgan fingerprint density at radius 2 is 2.22 bits per heavy atom. The summed E-state index contributed by atoms with van der Waals surface area (Å²) in [6.45, 7) is 0.322. The van der Waals surface area contributed by atoms with Crippen molar-refractivity contribution in [1.29, 1.82) is 0 Å². The molecule has 0 fully saturated rings. The van der Waals surface area contributed by atoms with Crippen molar-refractivity contribution in [3.8, 4) is 11.6 Å². The fourth-order valence-electron chi connectivity index (χ4n) is 2.05. The number of hydrogen-bond donors (Lipinski definition) is 1. The minimum Gasteiger partial charge on any atom is -0.497 e. The number of nitrogens with one attached hydrogen (secondary N) is 1. The molecule has 0 saturated carbocycles. The maximum absolute atomic E-state index is 11.9. The van der Waals surface area contributed by atoms with Crippen molar-refractivity contribution in [2.24, 2.45) is 0 Å². The number of fused-ring (bicyclic) bond motifs is 1. The fourth-order valence-corrected chi connectivity index (χ4v) is 2.77. The fraction of sp³-hybridized carbons (Fsp3) is 0.188. The first kappa shape index (κ1) is 15.2. The number of carbonyl (C=O) groups is 1. The number of benzene rings is 1. The van der Waals surface area contributed by atoms with E-state index < -0.39 is 0 Å². The molecule has 1 N–H and O–H groups in total. The first-order valence-corrected chi connectivity index (χ1v) is 7.85. The first-order valence-electron chi connectivity index (χ1n) is 6.97. The summed E-state index contributed by atoms with van der Waals surface area (Å²) in [5, 5.41) is 5.53. The van der Waals surface area contributed by atoms with Gasteiger partial charge >= 0.3 is 0 Å². The molecule has 1 amide bonds. The molecule has 118 valence electrons. The van der Waals surface area contributed by atoms with Gasteiger partial charge in [0.05, 0.1) is 12.5 Å². The van der Waals surface area contributed by atoms with Gasteiger partial charge in [0.1, 0.15) is 16.9 Å². The standard InChI is InChI=1S/C16H15N3O3S/c1-21-12-4-2-3-11(7-12)8-17-14(20)9-22-15-13-5-6-23-16(13)19-10-18-15/h2-7,10H,8-9H2,1H3,(H,17,20). The minimum atomic E-state index is -0.213. The zero-order chi connectivity index (χ0) is 16.1. The first-order chi connectivity index (χ1) is 11.3. The summed E-state index contributed by atoms with van der Waals surface area (Å²) >= 11 is 1.50. The van der Waals surface area contributed by atoms with Crippen LogP contribution in [0.5, 0.6) is 11.6 Å². The third-order valence-electron chi connectivity index (χ3n) is 3.19. The van der Waals surface area contributed by atoms with E-state index in [-0.39, 0.29) is 12.5 Å². The molecule has 0 saturated heterocycles. The third-order valence-corrected chi connectivity index (χ3v) is 4.01. The lowest BCUT2D eigenvalue weighted by molar-refractivity contribution is -0.123. The number of nitrogens with zero attached hydrogens (tertiary/aromatic N) is 2. The van der Waals surface area contributed by atoms with Crippen molar-refractivity contribution < 1.29 is 14.3 Å². The average Bonchev–Trinajstić information content (AvgIpc) is 3.07. The average molecular weight is 329 g/mol. The van der Waals surface area contributed by atoms with E-state index in [0.717, 1.165) is 21.5 Å². The summed E-state index contributed by atoms with van der Waals surface area (Å²) in [5.74, 6) is 0.969. The van der Waals surface area contributed by atoms with Gasteiger partial charge in [0.2, 0.25) is 5.88 Å². The van der Waals surface area contributed by atoms with Gasteiger partial charge < -0.3 is 14.8 Å². The summed E-state index contributed by atoms with van der Waals surface area (Å²) in [6.07, 6.45) is 1.43. The van der Waals surface area contributed by atoms with E-state index in [1.807, 2.05) is 35.7 Å². The number of carbonyl (C=O) groups excluding carboxylic acids is 1. The van der Waals surface area contributed by atoms with Gasteiger partial charge in [-0.3, -0.25) is 4.79 Å². The van der Waals surface area contributed by atoms with Crippen molar-refractivity contribution in [3.63, 3.8) is 0 Å². The van der Waals surface area contributed by atoms with Gasteiger partial charge in [-0.25, -0.2) is 9.97 Å². The van der Waals surface area contributed by atoms with Crippen LogP contribution >= 0.6 is 11.3 Å². The topological polar surface area (TPSA) is 73.3 Å². The van der Waals surface area contributed by atoms with Gasteiger partial charge in [-0.2, -0.15) is 0 Å². The van der Waals surface area contributed by atoms with Crippen LogP contribution in [0.3, 0.4) is 0 Å². The Morgan fingerprint density at radius 3 is 3.09 bits per heavy atom. The molecule has 1 aromatic carbocycles. The maximum atomic E-state index is 11.9. The van der Waals surface area contributed by atoms with Gasteiger partial charge in [-0.15, -0.1) is 11.3 Å². The SMILES string of the molecule is COc1cccc(CNC(=O)COc2ncnc3sccc23)c1. The summed E-state index contributed by atoms with van der Waals surface area (Å²) in [7, 11) is 1.61. The highest BCUT2D eigenvalue weighted by Crippen LogP contribution is 2.25. The van der Waals surface area contributed by atoms with Crippen molar-refractivity contribution in [1.82, 2.24) is 15.3 Å². The van der Waals surface area contributed by atoms with E-state index in [2.05, 4.69) is 15.3 Å². The van der Waals surface area contributed by atoms with E-state index in [4.69, 9.17) is 9.47 Å². The van der Waals surface area contributed by atoms with Crippen LogP contribution in [0.2, 0.25) is 0 Å². The molecule has 0 aliphatic heterocycles. The number of hydrogen-bond acceptors (Lipinski definition) is 6. The normalized spacial score (nSPS) is 10.5. The molecule has 0 unspecified atom stereocenters. The lowest BCUT2D eigenvalue weighted by Gasteiger charge is -2.08. The summed E-state index contributed by atoms with van der Waals surface area (Å²) in [5.41, 5.74) is 0.958. The maximum Gasteiger partial charge on any atom is 0.258 e. The molecule has 0 aliphatic carbocycles. The second-order valence-electron chi connectivity index (χ2n) is 4.74. The van der Waals surface area contributed by atoms with E-state index in [0.29, 0.717) is 12.4 Å². The molecule has 0 aliphatic rings. The second kappa shape index (κ2) is 7.06. The zero-order valence-electron chi connectivity index (χ0n) is 12.5. The quantitative estimate of drug-likeness (QED) is 0.752. The summed E-state index contributed by atoms with van der Waals surface area (Å²) in [4.78, 5) is 21.0.